The first-order valence-electron chi connectivity index (χ1n) is 9.04. The lowest BCUT2D eigenvalue weighted by Crippen LogP contribution is -2.15. The van der Waals surface area contributed by atoms with Crippen LogP contribution in [0.25, 0.3) is 0 Å². The maximum absolute atomic E-state index is 5.89. The molecular weight excluding hydrogens is 358 g/mol. The second-order valence-electron chi connectivity index (χ2n) is 6.32. The maximum atomic E-state index is 5.89. The summed E-state index contributed by atoms with van der Waals surface area (Å²) in [7, 11) is 1.86. The lowest BCUT2D eigenvalue weighted by atomic mass is 10.1. The van der Waals surface area contributed by atoms with Crippen LogP contribution in [0.15, 0.2) is 53.7 Å². The molecule has 3 rings (SSSR count). The highest BCUT2D eigenvalue weighted by Gasteiger charge is 2.02. The van der Waals surface area contributed by atoms with Crippen LogP contribution in [-0.2, 0) is 20.2 Å². The first-order chi connectivity index (χ1) is 13.2. The molecule has 0 spiro atoms. The highest BCUT2D eigenvalue weighted by atomic mass is 32.2. The summed E-state index contributed by atoms with van der Waals surface area (Å²) in [6.07, 6.45) is 1.06. The van der Waals surface area contributed by atoms with Crippen LogP contribution in [0.4, 0.5) is 0 Å². The number of ether oxygens (including phenoxy) is 1. The van der Waals surface area contributed by atoms with Crippen LogP contribution in [0.1, 0.15) is 23.1 Å². The zero-order valence-electron chi connectivity index (χ0n) is 15.8. The normalized spacial score (nSPS) is 10.9. The number of hydrogen-bond donors (Lipinski definition) is 1. The SMILES string of the molecule is Cc1ccccc1COc1ccc(CNCCCSc2nnnn2C)cc1. The smallest absolute Gasteiger partial charge is 0.209 e. The Hall–Kier alpha value is -2.38. The maximum Gasteiger partial charge on any atom is 0.209 e. The molecule has 0 atom stereocenters. The van der Waals surface area contributed by atoms with Crippen molar-refractivity contribution in [3.05, 3.63) is 65.2 Å². The van der Waals surface area contributed by atoms with E-state index in [0.717, 1.165) is 36.2 Å². The molecule has 2 aromatic carbocycles. The number of nitrogens with one attached hydrogen (secondary N) is 1. The van der Waals surface area contributed by atoms with Crippen LogP contribution in [0.5, 0.6) is 5.75 Å². The van der Waals surface area contributed by atoms with Gasteiger partial charge in [0, 0.05) is 19.3 Å². The summed E-state index contributed by atoms with van der Waals surface area (Å²) in [5, 5.41) is 15.7. The molecule has 0 aliphatic heterocycles. The monoisotopic (exact) mass is 383 g/mol. The third kappa shape index (κ3) is 6.08. The van der Waals surface area contributed by atoms with Gasteiger partial charge in [-0.05, 0) is 59.1 Å². The zero-order chi connectivity index (χ0) is 18.9. The number of benzene rings is 2. The minimum absolute atomic E-state index is 0.600. The minimum Gasteiger partial charge on any atom is -0.489 e. The predicted octanol–water partition coefficient (Wildman–Crippen LogP) is 3.37. The molecule has 1 N–H and O–H groups in total. The van der Waals surface area contributed by atoms with E-state index in [1.54, 1.807) is 16.4 Å². The Bertz CT molecular complexity index is 834. The predicted molar refractivity (Wildman–Crippen MR) is 108 cm³/mol. The molecule has 0 saturated heterocycles. The molecule has 0 radical (unpaired) electrons. The Morgan fingerprint density at radius 2 is 1.93 bits per heavy atom. The molecule has 0 amide bonds. The summed E-state index contributed by atoms with van der Waals surface area (Å²) in [4.78, 5) is 0. The number of thioether (sulfide) groups is 1. The van der Waals surface area contributed by atoms with Gasteiger partial charge in [-0.2, -0.15) is 0 Å². The molecule has 1 aromatic heterocycles. The molecule has 0 unspecified atom stereocenters. The van der Waals surface area contributed by atoms with Crippen LogP contribution in [0.3, 0.4) is 0 Å². The van der Waals surface area contributed by atoms with Gasteiger partial charge < -0.3 is 10.1 Å². The summed E-state index contributed by atoms with van der Waals surface area (Å²) < 4.78 is 7.58. The summed E-state index contributed by atoms with van der Waals surface area (Å²) >= 11 is 1.68. The van der Waals surface area contributed by atoms with Crippen LogP contribution in [-0.4, -0.2) is 32.5 Å². The van der Waals surface area contributed by atoms with Crippen LogP contribution < -0.4 is 10.1 Å². The van der Waals surface area contributed by atoms with Gasteiger partial charge in [-0.1, -0.05) is 48.2 Å². The fourth-order valence-corrected chi connectivity index (χ4v) is 3.36. The summed E-state index contributed by atoms with van der Waals surface area (Å²) in [5.74, 6) is 1.89. The highest BCUT2D eigenvalue weighted by Crippen LogP contribution is 2.16. The van der Waals surface area contributed by atoms with E-state index in [2.05, 4.69) is 52.0 Å². The Kier molecular flexibility index (Phi) is 7.24. The average Bonchev–Trinajstić information content (AvgIpc) is 3.10. The summed E-state index contributed by atoms with van der Waals surface area (Å²) in [6.45, 7) is 4.52. The van der Waals surface area contributed by atoms with Gasteiger partial charge in [0.25, 0.3) is 0 Å². The number of aromatic nitrogens is 4. The van der Waals surface area contributed by atoms with Crippen molar-refractivity contribution in [3.8, 4) is 5.75 Å². The molecule has 0 bridgehead atoms. The molecule has 1 heterocycles. The molecule has 0 aliphatic carbocycles. The van der Waals surface area contributed by atoms with Gasteiger partial charge in [0.1, 0.15) is 12.4 Å². The molecule has 3 aromatic rings. The van der Waals surface area contributed by atoms with Gasteiger partial charge in [-0.15, -0.1) is 5.10 Å². The van der Waals surface area contributed by atoms with Gasteiger partial charge in [0.05, 0.1) is 0 Å². The molecule has 0 aliphatic rings. The molecule has 27 heavy (non-hydrogen) atoms. The van der Waals surface area contributed by atoms with Crippen LogP contribution >= 0.6 is 11.8 Å². The zero-order valence-corrected chi connectivity index (χ0v) is 16.6. The summed E-state index contributed by atoms with van der Waals surface area (Å²) in [6, 6.07) is 16.6. The quantitative estimate of drug-likeness (QED) is 0.428. The van der Waals surface area contributed by atoms with E-state index in [-0.39, 0.29) is 0 Å². The second kappa shape index (κ2) is 10.1. The number of rotatable bonds is 10. The molecule has 7 heteroatoms. The topological polar surface area (TPSA) is 64.9 Å². The Morgan fingerprint density at radius 1 is 1.11 bits per heavy atom. The van der Waals surface area contributed by atoms with E-state index in [9.17, 15) is 0 Å². The first kappa shape index (κ1) is 19.4. The van der Waals surface area contributed by atoms with Gasteiger partial charge in [0.15, 0.2) is 0 Å². The van der Waals surface area contributed by atoms with Crippen molar-refractivity contribution in [2.45, 2.75) is 31.7 Å². The lowest BCUT2D eigenvalue weighted by Gasteiger charge is -2.10. The molecule has 142 valence electrons. The van der Waals surface area contributed by atoms with Crippen molar-refractivity contribution in [3.63, 3.8) is 0 Å². The van der Waals surface area contributed by atoms with E-state index in [4.69, 9.17) is 4.74 Å². The number of aryl methyl sites for hydroxylation is 2. The molecule has 0 fully saturated rings. The van der Waals surface area contributed by atoms with Gasteiger partial charge in [-0.3, -0.25) is 0 Å². The van der Waals surface area contributed by atoms with Crippen molar-refractivity contribution < 1.29 is 4.74 Å². The minimum atomic E-state index is 0.600. The summed E-state index contributed by atoms with van der Waals surface area (Å²) in [5.41, 5.74) is 3.73. The van der Waals surface area contributed by atoms with E-state index in [1.807, 2.05) is 31.3 Å². The Morgan fingerprint density at radius 3 is 2.67 bits per heavy atom. The van der Waals surface area contributed by atoms with E-state index >= 15 is 0 Å². The third-order valence-electron chi connectivity index (χ3n) is 4.22. The van der Waals surface area contributed by atoms with E-state index in [1.165, 1.54) is 16.7 Å². The van der Waals surface area contributed by atoms with E-state index < -0.39 is 0 Å². The van der Waals surface area contributed by atoms with E-state index in [0.29, 0.717) is 6.61 Å². The standard InChI is InChI=1S/C20H25N5OS/c1-16-6-3-4-7-18(16)15-26-19-10-8-17(9-11-19)14-21-12-5-13-27-20-22-23-24-25(20)2/h3-4,6-11,21H,5,12-15H2,1-2H3. The largest absolute Gasteiger partial charge is 0.489 e. The highest BCUT2D eigenvalue weighted by molar-refractivity contribution is 7.99. The van der Waals surface area contributed by atoms with Crippen LogP contribution in [0, 0.1) is 6.92 Å². The molecular formula is C20H25N5OS. The van der Waals surface area contributed by atoms with Crippen molar-refractivity contribution >= 4 is 11.8 Å². The van der Waals surface area contributed by atoms with Crippen molar-refractivity contribution in [1.29, 1.82) is 0 Å². The third-order valence-corrected chi connectivity index (χ3v) is 5.32. The fraction of sp³-hybridized carbons (Fsp3) is 0.350. The van der Waals surface area contributed by atoms with Crippen molar-refractivity contribution in [2.24, 2.45) is 7.05 Å². The van der Waals surface area contributed by atoms with Gasteiger partial charge in [-0.25, -0.2) is 4.68 Å². The molecule has 0 saturated carbocycles. The van der Waals surface area contributed by atoms with Crippen molar-refractivity contribution in [2.75, 3.05) is 12.3 Å². The van der Waals surface area contributed by atoms with Crippen molar-refractivity contribution in [1.82, 2.24) is 25.5 Å². The number of nitrogens with zero attached hydrogens (tertiary/aromatic N) is 4. The Balaban J connectivity index is 1.33. The lowest BCUT2D eigenvalue weighted by molar-refractivity contribution is 0.305. The van der Waals surface area contributed by atoms with Gasteiger partial charge in [0.2, 0.25) is 5.16 Å². The fourth-order valence-electron chi connectivity index (χ4n) is 2.57. The molecule has 6 nitrogen and oxygen atoms in total. The Labute approximate surface area is 164 Å². The first-order valence-corrected chi connectivity index (χ1v) is 10.0. The average molecular weight is 384 g/mol. The van der Waals surface area contributed by atoms with Gasteiger partial charge >= 0.3 is 0 Å². The van der Waals surface area contributed by atoms with Crippen LogP contribution in [0.2, 0.25) is 0 Å². The number of hydrogen-bond acceptors (Lipinski definition) is 6. The number of tetrazole rings is 1. The second-order valence-corrected chi connectivity index (χ2v) is 7.39.